The van der Waals surface area contributed by atoms with Gasteiger partial charge in [-0.3, -0.25) is 4.79 Å². The van der Waals surface area contributed by atoms with Gasteiger partial charge >= 0.3 is 0 Å². The molecule has 0 heterocycles. The number of sulfonamides is 1. The molecule has 1 fully saturated rings. The third-order valence-corrected chi connectivity index (χ3v) is 6.26. The fourth-order valence-corrected chi connectivity index (χ4v) is 4.70. The summed E-state index contributed by atoms with van der Waals surface area (Å²) in [7, 11) is -3.70. The Morgan fingerprint density at radius 2 is 2.14 bits per heavy atom. The lowest BCUT2D eigenvalue weighted by Gasteiger charge is -2.42. The highest BCUT2D eigenvalue weighted by atomic mass is 32.2. The van der Waals surface area contributed by atoms with E-state index in [2.05, 4.69) is 4.72 Å². The molecular formula is C16H24N2O3S. The van der Waals surface area contributed by atoms with Crippen LogP contribution in [0.15, 0.2) is 29.2 Å². The van der Waals surface area contributed by atoms with Gasteiger partial charge in [-0.15, -0.1) is 0 Å². The van der Waals surface area contributed by atoms with E-state index in [-0.39, 0.29) is 23.1 Å². The second-order valence-corrected chi connectivity index (χ2v) is 7.88. The monoisotopic (exact) mass is 324 g/mol. The van der Waals surface area contributed by atoms with Gasteiger partial charge < -0.3 is 5.73 Å². The minimum atomic E-state index is -3.70. The van der Waals surface area contributed by atoms with Crippen LogP contribution in [0.3, 0.4) is 0 Å². The molecule has 0 bridgehead atoms. The van der Waals surface area contributed by atoms with Gasteiger partial charge in [0.05, 0.1) is 4.90 Å². The molecular weight excluding hydrogens is 300 g/mol. The number of Topliss-reactive ketones (excluding diaryl/α,β-unsaturated/α-hetero) is 1. The Labute approximate surface area is 132 Å². The molecule has 1 saturated carbocycles. The van der Waals surface area contributed by atoms with Gasteiger partial charge in [0.25, 0.3) is 0 Å². The Balaban J connectivity index is 2.34. The topological polar surface area (TPSA) is 89.3 Å². The number of carbonyl (C=O) groups excluding carboxylic acids is 1. The van der Waals surface area contributed by atoms with E-state index < -0.39 is 15.6 Å². The lowest BCUT2D eigenvalue weighted by Crippen LogP contribution is -2.58. The molecule has 122 valence electrons. The van der Waals surface area contributed by atoms with Crippen LogP contribution in [0.2, 0.25) is 0 Å². The first-order valence-corrected chi connectivity index (χ1v) is 9.14. The van der Waals surface area contributed by atoms with Gasteiger partial charge in [0.2, 0.25) is 10.0 Å². The molecule has 2 unspecified atom stereocenters. The first-order valence-electron chi connectivity index (χ1n) is 7.66. The quantitative estimate of drug-likeness (QED) is 0.812. The van der Waals surface area contributed by atoms with Crippen molar-refractivity contribution in [1.82, 2.24) is 4.72 Å². The predicted molar refractivity (Wildman–Crippen MR) is 86.2 cm³/mol. The minimum absolute atomic E-state index is 0.116. The molecule has 0 spiro atoms. The maximum Gasteiger partial charge on any atom is 0.241 e. The van der Waals surface area contributed by atoms with E-state index in [1.165, 1.54) is 19.1 Å². The third-order valence-electron chi connectivity index (χ3n) is 4.71. The van der Waals surface area contributed by atoms with E-state index in [1.807, 2.05) is 6.92 Å². The van der Waals surface area contributed by atoms with Gasteiger partial charge in [-0.25, -0.2) is 13.1 Å². The number of benzene rings is 1. The van der Waals surface area contributed by atoms with Crippen LogP contribution in [0.25, 0.3) is 0 Å². The first kappa shape index (κ1) is 17.1. The average molecular weight is 324 g/mol. The standard InChI is InChI=1S/C16H24N2O3S/c1-12-6-3-4-9-16(12,11-17)18-22(20,21)15-8-5-7-14(10-15)13(2)19/h5,7-8,10,12,18H,3-4,6,9,11,17H2,1-2H3. The highest BCUT2D eigenvalue weighted by Gasteiger charge is 2.40. The van der Waals surface area contributed by atoms with Gasteiger partial charge in [0.1, 0.15) is 0 Å². The summed E-state index contributed by atoms with van der Waals surface area (Å²) in [5.74, 6) is 0.0358. The molecule has 6 heteroatoms. The van der Waals surface area contributed by atoms with Crippen molar-refractivity contribution in [3.05, 3.63) is 29.8 Å². The molecule has 0 aliphatic heterocycles. The van der Waals surface area contributed by atoms with Gasteiger partial charge in [-0.1, -0.05) is 31.9 Å². The summed E-state index contributed by atoms with van der Waals surface area (Å²) in [5.41, 5.74) is 5.71. The van der Waals surface area contributed by atoms with Crippen LogP contribution in [0.5, 0.6) is 0 Å². The van der Waals surface area contributed by atoms with Crippen molar-refractivity contribution < 1.29 is 13.2 Å². The van der Waals surface area contributed by atoms with Gasteiger partial charge in [-0.2, -0.15) is 0 Å². The van der Waals surface area contributed by atoms with Crippen LogP contribution in [-0.4, -0.2) is 26.3 Å². The number of rotatable bonds is 5. The summed E-state index contributed by atoms with van der Waals surface area (Å²) >= 11 is 0. The van der Waals surface area contributed by atoms with E-state index in [0.717, 1.165) is 25.7 Å². The SMILES string of the molecule is CC(=O)c1cccc(S(=O)(=O)NC2(CN)CCCCC2C)c1. The number of carbonyl (C=O) groups is 1. The fraction of sp³-hybridized carbons (Fsp3) is 0.562. The summed E-state index contributed by atoms with van der Waals surface area (Å²) in [6, 6.07) is 6.13. The van der Waals surface area contributed by atoms with Crippen molar-refractivity contribution in [1.29, 1.82) is 0 Å². The summed E-state index contributed by atoms with van der Waals surface area (Å²) in [6.45, 7) is 3.74. The van der Waals surface area contributed by atoms with Crippen molar-refractivity contribution in [3.8, 4) is 0 Å². The minimum Gasteiger partial charge on any atom is -0.329 e. The molecule has 1 aromatic rings. The molecule has 0 aromatic heterocycles. The largest absolute Gasteiger partial charge is 0.329 e. The van der Waals surface area contributed by atoms with Crippen LogP contribution >= 0.6 is 0 Å². The predicted octanol–water partition coefficient (Wildman–Crippen LogP) is 2.08. The molecule has 22 heavy (non-hydrogen) atoms. The molecule has 2 atom stereocenters. The summed E-state index contributed by atoms with van der Waals surface area (Å²) in [6.07, 6.45) is 3.78. The van der Waals surface area contributed by atoms with Crippen LogP contribution in [0.1, 0.15) is 49.9 Å². The van der Waals surface area contributed by atoms with E-state index in [4.69, 9.17) is 5.73 Å². The number of hydrogen-bond acceptors (Lipinski definition) is 4. The zero-order valence-corrected chi connectivity index (χ0v) is 13.9. The summed E-state index contributed by atoms with van der Waals surface area (Å²) in [4.78, 5) is 11.6. The summed E-state index contributed by atoms with van der Waals surface area (Å²) < 4.78 is 28.2. The normalized spacial score (nSPS) is 25.9. The molecule has 1 aliphatic carbocycles. The smallest absolute Gasteiger partial charge is 0.241 e. The number of nitrogens with one attached hydrogen (secondary N) is 1. The van der Waals surface area contributed by atoms with Gasteiger partial charge in [0, 0.05) is 17.6 Å². The number of nitrogens with two attached hydrogens (primary N) is 1. The van der Waals surface area contributed by atoms with Gasteiger partial charge in [-0.05, 0) is 37.8 Å². The van der Waals surface area contributed by atoms with E-state index in [0.29, 0.717) is 5.56 Å². The maximum atomic E-state index is 12.7. The van der Waals surface area contributed by atoms with Crippen LogP contribution in [0.4, 0.5) is 0 Å². The molecule has 0 radical (unpaired) electrons. The Morgan fingerprint density at radius 1 is 1.41 bits per heavy atom. The molecule has 0 saturated heterocycles. The second-order valence-electron chi connectivity index (χ2n) is 6.20. The van der Waals surface area contributed by atoms with E-state index in [9.17, 15) is 13.2 Å². The fourth-order valence-electron chi connectivity index (χ4n) is 3.12. The summed E-state index contributed by atoms with van der Waals surface area (Å²) in [5, 5.41) is 0. The third kappa shape index (κ3) is 3.39. The van der Waals surface area contributed by atoms with Crippen LogP contribution < -0.4 is 10.5 Å². The average Bonchev–Trinajstić information content (AvgIpc) is 2.49. The van der Waals surface area contributed by atoms with Crippen molar-refractivity contribution in [2.45, 2.75) is 50.0 Å². The molecule has 5 nitrogen and oxygen atoms in total. The van der Waals surface area contributed by atoms with E-state index >= 15 is 0 Å². The van der Waals surface area contributed by atoms with E-state index in [1.54, 1.807) is 12.1 Å². The zero-order chi connectivity index (χ0) is 16.4. The molecule has 0 amide bonds. The highest BCUT2D eigenvalue weighted by molar-refractivity contribution is 7.89. The van der Waals surface area contributed by atoms with Crippen LogP contribution in [0, 0.1) is 5.92 Å². The van der Waals surface area contributed by atoms with Crippen molar-refractivity contribution in [2.75, 3.05) is 6.54 Å². The highest BCUT2D eigenvalue weighted by Crippen LogP contribution is 2.34. The Morgan fingerprint density at radius 3 is 2.73 bits per heavy atom. The van der Waals surface area contributed by atoms with Crippen molar-refractivity contribution >= 4 is 15.8 Å². The molecule has 3 N–H and O–H groups in total. The lowest BCUT2D eigenvalue weighted by atomic mass is 9.74. The molecule has 1 aliphatic rings. The molecule has 2 rings (SSSR count). The number of hydrogen-bond donors (Lipinski definition) is 2. The lowest BCUT2D eigenvalue weighted by molar-refractivity contribution is 0.101. The number of ketones is 1. The molecule has 1 aromatic carbocycles. The van der Waals surface area contributed by atoms with Gasteiger partial charge in [0.15, 0.2) is 5.78 Å². The first-order chi connectivity index (χ1) is 10.3. The van der Waals surface area contributed by atoms with Crippen molar-refractivity contribution in [2.24, 2.45) is 11.7 Å². The maximum absolute atomic E-state index is 12.7. The Kier molecular flexibility index (Phi) is 5.04. The van der Waals surface area contributed by atoms with Crippen LogP contribution in [-0.2, 0) is 10.0 Å². The zero-order valence-electron chi connectivity index (χ0n) is 13.1. The van der Waals surface area contributed by atoms with Crippen molar-refractivity contribution in [3.63, 3.8) is 0 Å². The second kappa shape index (κ2) is 6.48. The Bertz CT molecular complexity index is 657. The Hall–Kier alpha value is -1.24.